The molecule has 3 rings (SSSR count). The molecule has 0 unspecified atom stereocenters. The third-order valence-corrected chi connectivity index (χ3v) is 3.17. The fourth-order valence-electron chi connectivity index (χ4n) is 1.67. The van der Waals surface area contributed by atoms with Crippen LogP contribution < -0.4 is 0 Å². The normalized spacial score (nSPS) is 16.1. The van der Waals surface area contributed by atoms with Crippen molar-refractivity contribution < 1.29 is 0 Å². The van der Waals surface area contributed by atoms with Crippen LogP contribution in [0.4, 0.5) is 0 Å². The molecule has 5 heteroatoms. The molecule has 2 aromatic heterocycles. The first-order valence-electron chi connectivity index (χ1n) is 4.92. The molecular formula is C10H9Cl2N3. The van der Waals surface area contributed by atoms with Gasteiger partial charge in [0.2, 0.25) is 0 Å². The summed E-state index contributed by atoms with van der Waals surface area (Å²) in [5.74, 6) is 0.790. The van der Waals surface area contributed by atoms with E-state index in [4.69, 9.17) is 23.2 Å². The topological polar surface area (TPSA) is 30.2 Å². The maximum absolute atomic E-state index is 6.08. The van der Waals surface area contributed by atoms with Gasteiger partial charge in [-0.25, -0.2) is 9.50 Å². The van der Waals surface area contributed by atoms with Crippen molar-refractivity contribution in [1.82, 2.24) is 14.6 Å². The van der Waals surface area contributed by atoms with Crippen LogP contribution in [-0.2, 0) is 6.42 Å². The molecule has 0 spiro atoms. The second kappa shape index (κ2) is 3.35. The molecule has 1 aliphatic rings. The zero-order valence-electron chi connectivity index (χ0n) is 7.95. The zero-order valence-corrected chi connectivity index (χ0v) is 9.46. The summed E-state index contributed by atoms with van der Waals surface area (Å²) >= 11 is 12.0. The summed E-state index contributed by atoms with van der Waals surface area (Å²) in [4.78, 5) is 4.46. The second-order valence-electron chi connectivity index (χ2n) is 3.95. The molecular weight excluding hydrogens is 233 g/mol. The first-order valence-corrected chi connectivity index (χ1v) is 5.68. The van der Waals surface area contributed by atoms with Crippen LogP contribution in [0.1, 0.15) is 18.5 Å². The van der Waals surface area contributed by atoms with E-state index in [1.165, 1.54) is 12.8 Å². The highest BCUT2D eigenvalue weighted by atomic mass is 35.5. The van der Waals surface area contributed by atoms with Gasteiger partial charge in [-0.3, -0.25) is 0 Å². The van der Waals surface area contributed by atoms with Crippen molar-refractivity contribution >= 4 is 28.8 Å². The third kappa shape index (κ3) is 1.70. The van der Waals surface area contributed by atoms with Crippen LogP contribution >= 0.6 is 23.2 Å². The predicted octanol–water partition coefficient (Wildman–Crippen LogP) is 2.99. The Hall–Kier alpha value is -0.800. The van der Waals surface area contributed by atoms with Crippen LogP contribution in [0.5, 0.6) is 0 Å². The van der Waals surface area contributed by atoms with E-state index in [2.05, 4.69) is 10.1 Å². The van der Waals surface area contributed by atoms with Crippen LogP contribution in [-0.4, -0.2) is 14.6 Å². The van der Waals surface area contributed by atoms with Crippen LogP contribution in [0.3, 0.4) is 0 Å². The fraction of sp³-hybridized carbons (Fsp3) is 0.400. The first-order chi connectivity index (χ1) is 7.24. The van der Waals surface area contributed by atoms with Crippen LogP contribution in [0, 0.1) is 5.92 Å². The highest BCUT2D eigenvalue weighted by Gasteiger charge is 2.22. The van der Waals surface area contributed by atoms with Gasteiger partial charge in [-0.2, -0.15) is 5.10 Å². The molecule has 0 aromatic carbocycles. The summed E-state index contributed by atoms with van der Waals surface area (Å²) < 4.78 is 1.56. The van der Waals surface area contributed by atoms with Gasteiger partial charge in [-0.15, -0.1) is 0 Å². The predicted molar refractivity (Wildman–Crippen MR) is 59.4 cm³/mol. The van der Waals surface area contributed by atoms with E-state index in [-0.39, 0.29) is 0 Å². The quantitative estimate of drug-likeness (QED) is 0.758. The molecule has 0 N–H and O–H groups in total. The summed E-state index contributed by atoms with van der Waals surface area (Å²) in [7, 11) is 0. The number of fused-ring (bicyclic) bond motifs is 1. The van der Waals surface area contributed by atoms with Crippen molar-refractivity contribution in [1.29, 1.82) is 0 Å². The first kappa shape index (κ1) is 9.43. The lowest BCUT2D eigenvalue weighted by Crippen LogP contribution is -1.98. The van der Waals surface area contributed by atoms with Crippen molar-refractivity contribution in [2.75, 3.05) is 0 Å². The molecule has 2 aromatic rings. The average molecular weight is 242 g/mol. The number of nitrogens with zero attached hydrogens (tertiary/aromatic N) is 3. The molecule has 1 saturated carbocycles. The van der Waals surface area contributed by atoms with Crippen molar-refractivity contribution in [2.45, 2.75) is 19.3 Å². The third-order valence-electron chi connectivity index (χ3n) is 2.63. The number of rotatable bonds is 2. The highest BCUT2D eigenvalue weighted by molar-refractivity contribution is 6.34. The lowest BCUT2D eigenvalue weighted by molar-refractivity contribution is 0.796. The van der Waals surface area contributed by atoms with E-state index in [0.717, 1.165) is 18.0 Å². The number of hydrogen-bond acceptors (Lipinski definition) is 2. The van der Waals surface area contributed by atoms with Gasteiger partial charge in [0.05, 0.1) is 6.20 Å². The molecule has 2 heterocycles. The summed E-state index contributed by atoms with van der Waals surface area (Å²) in [6, 6.07) is 1.87. The van der Waals surface area contributed by atoms with Crippen LogP contribution in [0.15, 0.2) is 12.3 Å². The van der Waals surface area contributed by atoms with E-state index in [9.17, 15) is 0 Å². The Balaban J connectivity index is 2.11. The van der Waals surface area contributed by atoms with Crippen molar-refractivity contribution in [3.05, 3.63) is 28.1 Å². The molecule has 1 aliphatic carbocycles. The van der Waals surface area contributed by atoms with Gasteiger partial charge < -0.3 is 0 Å². The van der Waals surface area contributed by atoms with E-state index in [0.29, 0.717) is 15.8 Å². The van der Waals surface area contributed by atoms with Gasteiger partial charge in [0.25, 0.3) is 0 Å². The Morgan fingerprint density at radius 2 is 2.20 bits per heavy atom. The minimum absolute atomic E-state index is 0.551. The molecule has 0 radical (unpaired) electrons. The molecule has 0 amide bonds. The van der Waals surface area contributed by atoms with E-state index >= 15 is 0 Å². The lowest BCUT2D eigenvalue weighted by atomic mass is 10.2. The van der Waals surface area contributed by atoms with Crippen molar-refractivity contribution in [3.63, 3.8) is 0 Å². The Morgan fingerprint density at radius 3 is 2.93 bits per heavy atom. The molecule has 0 aliphatic heterocycles. The molecule has 3 nitrogen and oxygen atoms in total. The Labute approximate surface area is 97.0 Å². The van der Waals surface area contributed by atoms with Gasteiger partial charge in [0.1, 0.15) is 10.2 Å². The largest absolute Gasteiger partial charge is 0.232 e. The summed E-state index contributed by atoms with van der Waals surface area (Å²) in [6.07, 6.45) is 5.17. The lowest BCUT2D eigenvalue weighted by Gasteiger charge is -2.02. The summed E-state index contributed by atoms with van der Waals surface area (Å²) in [5.41, 5.74) is 1.66. The van der Waals surface area contributed by atoms with Crippen molar-refractivity contribution in [3.8, 4) is 0 Å². The zero-order chi connectivity index (χ0) is 10.4. The fourth-order valence-corrected chi connectivity index (χ4v) is 2.08. The van der Waals surface area contributed by atoms with E-state index in [1.54, 1.807) is 10.7 Å². The minimum atomic E-state index is 0.551. The SMILES string of the molecule is Clc1cnn2c(Cl)cc(CC3CC3)nc12. The minimum Gasteiger partial charge on any atom is -0.232 e. The van der Waals surface area contributed by atoms with Crippen LogP contribution in [0.2, 0.25) is 10.2 Å². The smallest absolute Gasteiger partial charge is 0.175 e. The number of halogens is 2. The van der Waals surface area contributed by atoms with Gasteiger partial charge in [-0.1, -0.05) is 23.2 Å². The van der Waals surface area contributed by atoms with Gasteiger partial charge in [0.15, 0.2) is 5.65 Å². The monoisotopic (exact) mass is 241 g/mol. The maximum atomic E-state index is 6.08. The summed E-state index contributed by atoms with van der Waals surface area (Å²) in [5, 5.41) is 5.17. The Morgan fingerprint density at radius 1 is 1.40 bits per heavy atom. The highest BCUT2D eigenvalue weighted by Crippen LogP contribution is 2.33. The Kier molecular flexibility index (Phi) is 2.11. The van der Waals surface area contributed by atoms with Crippen molar-refractivity contribution in [2.24, 2.45) is 5.92 Å². The van der Waals surface area contributed by atoms with Gasteiger partial charge in [-0.05, 0) is 31.2 Å². The van der Waals surface area contributed by atoms with Gasteiger partial charge >= 0.3 is 0 Å². The van der Waals surface area contributed by atoms with Crippen LogP contribution in [0.25, 0.3) is 5.65 Å². The van der Waals surface area contributed by atoms with Gasteiger partial charge in [0, 0.05) is 5.69 Å². The molecule has 0 saturated heterocycles. The number of aromatic nitrogens is 3. The summed E-state index contributed by atoms with van der Waals surface area (Å²) in [6.45, 7) is 0. The second-order valence-corrected chi connectivity index (χ2v) is 4.74. The molecule has 15 heavy (non-hydrogen) atoms. The molecule has 0 bridgehead atoms. The van der Waals surface area contributed by atoms with E-state index < -0.39 is 0 Å². The number of hydrogen-bond donors (Lipinski definition) is 0. The average Bonchev–Trinajstić information content (AvgIpc) is 2.92. The molecule has 0 atom stereocenters. The molecule has 78 valence electrons. The van der Waals surface area contributed by atoms with E-state index in [1.807, 2.05) is 6.07 Å². The standard InChI is InChI=1S/C10H9Cl2N3/c11-8-5-13-15-9(12)4-7(14-10(8)15)3-6-1-2-6/h4-6H,1-3H2. The maximum Gasteiger partial charge on any atom is 0.175 e. The Bertz CT molecular complexity index is 517. The molecule has 1 fully saturated rings.